The second kappa shape index (κ2) is 16.3. The third-order valence-corrected chi connectivity index (χ3v) is 5.76. The summed E-state index contributed by atoms with van der Waals surface area (Å²) in [7, 11) is 0. The van der Waals surface area contributed by atoms with Crippen molar-refractivity contribution >= 4 is 23.8 Å². The van der Waals surface area contributed by atoms with Crippen LogP contribution in [0, 0.1) is 0 Å². The van der Waals surface area contributed by atoms with Gasteiger partial charge < -0.3 is 53.6 Å². The second-order valence-corrected chi connectivity index (χ2v) is 8.94. The van der Waals surface area contributed by atoms with Gasteiger partial charge in [-0.25, -0.2) is 0 Å². The lowest BCUT2D eigenvalue weighted by atomic mass is 9.98. The Morgan fingerprint density at radius 3 is 1.37 bits per heavy atom. The summed E-state index contributed by atoms with van der Waals surface area (Å²) < 4.78 is 0. The molecule has 35 heavy (non-hydrogen) atoms. The van der Waals surface area contributed by atoms with E-state index >= 15 is 0 Å². The first-order chi connectivity index (χ1) is 16.7. The number of aliphatic carboxylic acids is 2. The van der Waals surface area contributed by atoms with Crippen LogP contribution in [0.2, 0.25) is 0 Å². The molecule has 14 heteroatoms. The summed E-state index contributed by atoms with van der Waals surface area (Å²) in [5.74, 6) is -2.41. The number of carboxylic acids is 2. The predicted octanol–water partition coefficient (Wildman–Crippen LogP) is -3.55. The van der Waals surface area contributed by atoms with Gasteiger partial charge in [-0.1, -0.05) is 0 Å². The van der Waals surface area contributed by atoms with E-state index < -0.39 is 23.0 Å². The van der Waals surface area contributed by atoms with Crippen LogP contribution in [-0.4, -0.2) is 104 Å². The Balaban J connectivity index is 2.72. The van der Waals surface area contributed by atoms with Gasteiger partial charge in [0.1, 0.15) is 0 Å². The van der Waals surface area contributed by atoms with Crippen molar-refractivity contribution in [3.05, 3.63) is 0 Å². The van der Waals surface area contributed by atoms with Crippen molar-refractivity contribution in [1.29, 1.82) is 0 Å². The Morgan fingerprint density at radius 1 is 0.657 bits per heavy atom. The van der Waals surface area contributed by atoms with E-state index in [1.807, 2.05) is 0 Å². The number of hydrogen-bond donors (Lipinski definition) is 10. The maximum absolute atomic E-state index is 12.4. The number of carboxylic acid groups (broad SMARTS) is 2. The summed E-state index contributed by atoms with van der Waals surface area (Å²) in [6, 6.07) is 0. The van der Waals surface area contributed by atoms with Gasteiger partial charge in [-0.05, 0) is 12.8 Å². The van der Waals surface area contributed by atoms with Gasteiger partial charge in [-0.15, -0.1) is 0 Å². The van der Waals surface area contributed by atoms with E-state index in [2.05, 4.69) is 31.9 Å². The summed E-state index contributed by atoms with van der Waals surface area (Å²) in [4.78, 5) is 46.2. The van der Waals surface area contributed by atoms with Crippen molar-refractivity contribution in [3.63, 3.8) is 0 Å². The van der Waals surface area contributed by atoms with Gasteiger partial charge in [0.05, 0.1) is 11.1 Å². The normalized spacial score (nSPS) is 24.3. The molecule has 0 saturated carbocycles. The van der Waals surface area contributed by atoms with E-state index in [9.17, 15) is 19.2 Å². The summed E-state index contributed by atoms with van der Waals surface area (Å²) >= 11 is 0. The lowest BCUT2D eigenvalue weighted by molar-refractivity contribution is -0.138. The van der Waals surface area contributed by atoms with Crippen molar-refractivity contribution in [1.82, 2.24) is 31.9 Å². The number of nitrogens with two attached hydrogens (primary N) is 2. The van der Waals surface area contributed by atoms with Crippen molar-refractivity contribution in [2.75, 3.05) is 59.0 Å². The second-order valence-electron chi connectivity index (χ2n) is 8.94. The molecule has 0 unspecified atom stereocenters. The highest BCUT2D eigenvalue weighted by molar-refractivity contribution is 5.78. The van der Waals surface area contributed by atoms with Crippen LogP contribution >= 0.6 is 0 Å². The largest absolute Gasteiger partial charge is 0.481 e. The van der Waals surface area contributed by atoms with Gasteiger partial charge in [0.25, 0.3) is 0 Å². The van der Waals surface area contributed by atoms with Crippen LogP contribution in [0.5, 0.6) is 0 Å². The Hall–Kier alpha value is -2.36. The molecule has 1 fully saturated rings. The van der Waals surface area contributed by atoms with Crippen LogP contribution < -0.4 is 43.4 Å². The molecule has 1 saturated heterocycles. The van der Waals surface area contributed by atoms with Crippen molar-refractivity contribution in [2.45, 2.75) is 49.6 Å². The Bertz CT molecular complexity index is 641. The molecule has 1 heterocycles. The van der Waals surface area contributed by atoms with Gasteiger partial charge in [0, 0.05) is 84.7 Å². The molecule has 14 nitrogen and oxygen atoms in total. The molecule has 1 aliphatic heterocycles. The van der Waals surface area contributed by atoms with Crippen molar-refractivity contribution in [2.24, 2.45) is 11.5 Å². The lowest BCUT2D eigenvalue weighted by Gasteiger charge is -2.35. The summed E-state index contributed by atoms with van der Waals surface area (Å²) in [5.41, 5.74) is 10.5. The van der Waals surface area contributed by atoms with Crippen molar-refractivity contribution in [3.8, 4) is 0 Å². The fraction of sp³-hybridized carbons (Fsp3) is 0.810. The fourth-order valence-corrected chi connectivity index (χ4v) is 3.73. The number of carbonyl (C=O) groups excluding carboxylic acids is 2. The molecular formula is C21H42N8O6. The maximum atomic E-state index is 12.4. The van der Waals surface area contributed by atoms with Gasteiger partial charge in [0.2, 0.25) is 11.8 Å². The number of nitrogens with one attached hydrogen (secondary N) is 6. The molecule has 202 valence electrons. The minimum absolute atomic E-state index is 0.0753. The van der Waals surface area contributed by atoms with Crippen LogP contribution in [0.4, 0.5) is 0 Å². The molecule has 0 radical (unpaired) electrons. The van der Waals surface area contributed by atoms with E-state index in [0.717, 1.165) is 0 Å². The van der Waals surface area contributed by atoms with E-state index in [0.29, 0.717) is 45.9 Å². The summed E-state index contributed by atoms with van der Waals surface area (Å²) in [5, 5.41) is 36.5. The quantitative estimate of drug-likeness (QED) is 0.125. The van der Waals surface area contributed by atoms with Crippen LogP contribution in [0.3, 0.4) is 0 Å². The molecule has 2 amide bonds. The zero-order valence-electron chi connectivity index (χ0n) is 20.3. The standard InChI is InChI=1S/C21H42N8O6/c22-9-20(28-16(30)3-1-5-18(32)33)11-24-7-8-25-12-21(10-23,14-27-15-26-13-20)29-17(31)4-2-6-19(34)35/h24-27H,1-15,22-23H2,(H,28,30)(H,29,31)(H,32,33)(H,34,35)/t20-,21-/m0/s1. The summed E-state index contributed by atoms with van der Waals surface area (Å²) in [6.07, 6.45) is 0.537. The van der Waals surface area contributed by atoms with Gasteiger partial charge in [-0.3, -0.25) is 19.2 Å². The van der Waals surface area contributed by atoms with Gasteiger partial charge in [0.15, 0.2) is 0 Å². The minimum Gasteiger partial charge on any atom is -0.481 e. The fourth-order valence-electron chi connectivity index (χ4n) is 3.73. The topological polar surface area (TPSA) is 233 Å². The molecule has 0 bridgehead atoms. The first-order valence-electron chi connectivity index (χ1n) is 11.9. The predicted molar refractivity (Wildman–Crippen MR) is 129 cm³/mol. The minimum atomic E-state index is -0.944. The number of amides is 2. The first-order valence-corrected chi connectivity index (χ1v) is 11.9. The number of rotatable bonds is 12. The van der Waals surface area contributed by atoms with E-state index in [1.54, 1.807) is 0 Å². The molecule has 0 spiro atoms. The van der Waals surface area contributed by atoms with Crippen LogP contribution in [0.25, 0.3) is 0 Å². The molecule has 0 aromatic carbocycles. The third-order valence-electron chi connectivity index (χ3n) is 5.76. The van der Waals surface area contributed by atoms with Crippen molar-refractivity contribution < 1.29 is 29.4 Å². The van der Waals surface area contributed by atoms with E-state index in [-0.39, 0.29) is 63.4 Å². The Kier molecular flexibility index (Phi) is 14.3. The molecule has 1 rings (SSSR count). The van der Waals surface area contributed by atoms with E-state index in [4.69, 9.17) is 21.7 Å². The molecule has 0 aliphatic carbocycles. The average molecular weight is 503 g/mol. The third kappa shape index (κ3) is 12.8. The van der Waals surface area contributed by atoms with Crippen LogP contribution in [-0.2, 0) is 19.2 Å². The smallest absolute Gasteiger partial charge is 0.303 e. The molecule has 2 atom stereocenters. The molecule has 0 aromatic heterocycles. The number of carbonyl (C=O) groups is 4. The van der Waals surface area contributed by atoms with Crippen LogP contribution in [0.15, 0.2) is 0 Å². The summed E-state index contributed by atoms with van der Waals surface area (Å²) in [6.45, 7) is 3.37. The maximum Gasteiger partial charge on any atom is 0.303 e. The molecule has 1 aliphatic rings. The van der Waals surface area contributed by atoms with E-state index in [1.165, 1.54) is 0 Å². The lowest BCUT2D eigenvalue weighted by Crippen LogP contribution is -2.65. The Morgan fingerprint density at radius 2 is 1.03 bits per heavy atom. The average Bonchev–Trinajstić information content (AvgIpc) is 2.81. The SMILES string of the molecule is NC[C@]1(NC(=O)CCCC(=O)O)CNCCNC[C@](CN)(NC(=O)CCCC(=O)O)CNCNC1. The van der Waals surface area contributed by atoms with Gasteiger partial charge >= 0.3 is 11.9 Å². The Labute approximate surface area is 205 Å². The first kappa shape index (κ1) is 30.7. The molecular weight excluding hydrogens is 460 g/mol. The zero-order valence-corrected chi connectivity index (χ0v) is 20.3. The highest BCUT2D eigenvalue weighted by atomic mass is 16.4. The van der Waals surface area contributed by atoms with Gasteiger partial charge in [-0.2, -0.15) is 0 Å². The zero-order chi connectivity index (χ0) is 26.2. The molecule has 0 aromatic rings. The molecule has 12 N–H and O–H groups in total. The highest BCUT2D eigenvalue weighted by Gasteiger charge is 2.32. The number of hydrogen-bond acceptors (Lipinski definition) is 10. The highest BCUT2D eigenvalue weighted by Crippen LogP contribution is 2.06. The van der Waals surface area contributed by atoms with Crippen LogP contribution in [0.1, 0.15) is 38.5 Å². The monoisotopic (exact) mass is 502 g/mol.